The zero-order chi connectivity index (χ0) is 13.3. The average molecular weight is 263 g/mol. The third kappa shape index (κ3) is 3.28. The molecule has 3 fully saturated rings. The first-order valence-electron chi connectivity index (χ1n) is 7.75. The van der Waals surface area contributed by atoms with E-state index < -0.39 is 0 Å². The molecule has 3 rings (SSSR count). The fraction of sp³-hybridized carbons (Fsp3) is 0.933. The van der Waals surface area contributed by atoms with E-state index in [1.807, 2.05) is 0 Å². The van der Waals surface area contributed by atoms with Crippen LogP contribution in [0.5, 0.6) is 0 Å². The van der Waals surface area contributed by atoms with Crippen LogP contribution < -0.4 is 5.32 Å². The number of rotatable bonds is 5. The Hall–Kier alpha value is -0.630. The largest absolute Gasteiger partial charge is 0.377 e. The molecule has 2 aliphatic carbocycles. The van der Waals surface area contributed by atoms with Crippen molar-refractivity contribution in [2.24, 2.45) is 5.92 Å². The molecule has 0 bridgehead atoms. The molecule has 2 atom stereocenters. The third-order valence-corrected chi connectivity index (χ3v) is 4.52. The highest BCUT2D eigenvalue weighted by Gasteiger charge is 2.49. The summed E-state index contributed by atoms with van der Waals surface area (Å²) >= 11 is 0. The van der Waals surface area contributed by atoms with Crippen LogP contribution in [0.4, 0.5) is 0 Å². The van der Waals surface area contributed by atoms with Crippen LogP contribution in [0.25, 0.3) is 0 Å². The maximum atomic E-state index is 9.76. The molecular formula is C15H25N3O. The van der Waals surface area contributed by atoms with Crippen molar-refractivity contribution < 1.29 is 4.74 Å². The normalized spacial score (nSPS) is 32.3. The van der Waals surface area contributed by atoms with E-state index in [2.05, 4.69) is 23.2 Å². The molecule has 0 amide bonds. The Morgan fingerprint density at radius 1 is 1.37 bits per heavy atom. The van der Waals surface area contributed by atoms with Crippen molar-refractivity contribution in [1.29, 1.82) is 5.26 Å². The van der Waals surface area contributed by atoms with Crippen molar-refractivity contribution in [2.75, 3.05) is 26.2 Å². The topological polar surface area (TPSA) is 48.3 Å². The molecule has 3 aliphatic rings. The number of hydrogen-bond donors (Lipinski definition) is 1. The quantitative estimate of drug-likeness (QED) is 0.817. The maximum absolute atomic E-state index is 9.76. The van der Waals surface area contributed by atoms with Gasteiger partial charge in [0.05, 0.1) is 12.2 Å². The third-order valence-electron chi connectivity index (χ3n) is 4.52. The van der Waals surface area contributed by atoms with Crippen molar-refractivity contribution in [3.63, 3.8) is 0 Å². The summed E-state index contributed by atoms with van der Waals surface area (Å²) in [4.78, 5) is 2.44. The minimum atomic E-state index is -0.300. The van der Waals surface area contributed by atoms with Crippen LogP contribution in [-0.2, 0) is 4.74 Å². The molecule has 19 heavy (non-hydrogen) atoms. The highest BCUT2D eigenvalue weighted by atomic mass is 16.5. The van der Waals surface area contributed by atoms with E-state index in [9.17, 15) is 5.26 Å². The Labute approximate surface area is 116 Å². The zero-order valence-electron chi connectivity index (χ0n) is 11.9. The second kappa shape index (κ2) is 5.40. The Bertz CT molecular complexity index is 359. The Morgan fingerprint density at radius 3 is 2.79 bits per heavy atom. The average Bonchev–Trinajstić information content (AvgIpc) is 3.24. The van der Waals surface area contributed by atoms with Gasteiger partial charge in [0.1, 0.15) is 5.54 Å². The molecule has 1 saturated heterocycles. The van der Waals surface area contributed by atoms with Gasteiger partial charge in [-0.1, -0.05) is 0 Å². The summed E-state index contributed by atoms with van der Waals surface area (Å²) in [6.45, 7) is 5.89. The van der Waals surface area contributed by atoms with Crippen LogP contribution in [0.15, 0.2) is 0 Å². The van der Waals surface area contributed by atoms with E-state index in [1.165, 1.54) is 25.7 Å². The van der Waals surface area contributed by atoms with E-state index >= 15 is 0 Å². The lowest BCUT2D eigenvalue weighted by atomic mass is 9.93. The van der Waals surface area contributed by atoms with Gasteiger partial charge in [-0.25, -0.2) is 0 Å². The highest BCUT2D eigenvalue weighted by molar-refractivity contribution is 5.18. The fourth-order valence-corrected chi connectivity index (χ4v) is 3.20. The lowest BCUT2D eigenvalue weighted by Crippen LogP contribution is -2.56. The van der Waals surface area contributed by atoms with Gasteiger partial charge in [-0.05, 0) is 44.9 Å². The molecule has 0 aromatic heterocycles. The molecule has 2 unspecified atom stereocenters. The summed E-state index contributed by atoms with van der Waals surface area (Å²) in [6.07, 6.45) is 6.30. The Morgan fingerprint density at radius 2 is 2.16 bits per heavy atom. The van der Waals surface area contributed by atoms with Crippen molar-refractivity contribution in [3.8, 4) is 6.07 Å². The number of hydrogen-bond acceptors (Lipinski definition) is 4. The van der Waals surface area contributed by atoms with Crippen LogP contribution in [0.3, 0.4) is 0 Å². The predicted molar refractivity (Wildman–Crippen MR) is 73.7 cm³/mol. The standard InChI is InChI=1S/C15H25N3O/c1-12-9-18(7-2-8-19-12)11-15(10-16,13-3-4-13)17-14-5-6-14/h12-14,17H,2-9,11H2,1H3. The summed E-state index contributed by atoms with van der Waals surface area (Å²) in [7, 11) is 0. The van der Waals surface area contributed by atoms with Crippen molar-refractivity contribution in [2.45, 2.75) is 56.7 Å². The van der Waals surface area contributed by atoms with Gasteiger partial charge in [-0.3, -0.25) is 10.2 Å². The number of nitrogens with one attached hydrogen (secondary N) is 1. The summed E-state index contributed by atoms with van der Waals surface area (Å²) in [6, 6.07) is 3.24. The van der Waals surface area contributed by atoms with Gasteiger partial charge in [0.25, 0.3) is 0 Å². The first kappa shape index (κ1) is 13.4. The molecule has 0 aromatic carbocycles. The number of nitriles is 1. The van der Waals surface area contributed by atoms with Crippen LogP contribution in [-0.4, -0.2) is 48.8 Å². The Kier molecular flexibility index (Phi) is 3.79. The summed E-state index contributed by atoms with van der Waals surface area (Å²) in [5.74, 6) is 0.567. The van der Waals surface area contributed by atoms with Crippen LogP contribution >= 0.6 is 0 Å². The first-order chi connectivity index (χ1) is 9.22. The van der Waals surface area contributed by atoms with Crippen LogP contribution in [0.2, 0.25) is 0 Å². The summed E-state index contributed by atoms with van der Waals surface area (Å²) in [5, 5.41) is 13.4. The molecule has 1 aliphatic heterocycles. The molecule has 0 aromatic rings. The van der Waals surface area contributed by atoms with Crippen LogP contribution in [0.1, 0.15) is 39.0 Å². The van der Waals surface area contributed by atoms with E-state index in [4.69, 9.17) is 4.74 Å². The molecule has 1 N–H and O–H groups in total. The lowest BCUT2D eigenvalue weighted by Gasteiger charge is -2.34. The van der Waals surface area contributed by atoms with Gasteiger partial charge in [0, 0.05) is 32.3 Å². The Balaban J connectivity index is 1.67. The summed E-state index contributed by atoms with van der Waals surface area (Å²) < 4.78 is 5.71. The smallest absolute Gasteiger partial charge is 0.122 e. The minimum absolute atomic E-state index is 0.291. The second-order valence-electron chi connectivity index (χ2n) is 6.55. The molecular weight excluding hydrogens is 238 g/mol. The highest BCUT2D eigenvalue weighted by Crippen LogP contribution is 2.42. The first-order valence-corrected chi connectivity index (χ1v) is 7.75. The summed E-state index contributed by atoms with van der Waals surface area (Å²) in [5.41, 5.74) is -0.300. The number of ether oxygens (including phenoxy) is 1. The van der Waals surface area contributed by atoms with Gasteiger partial charge < -0.3 is 4.74 Å². The van der Waals surface area contributed by atoms with Crippen molar-refractivity contribution >= 4 is 0 Å². The van der Waals surface area contributed by atoms with E-state index in [1.54, 1.807) is 0 Å². The van der Waals surface area contributed by atoms with E-state index in [0.29, 0.717) is 18.1 Å². The molecule has 0 radical (unpaired) electrons. The molecule has 4 nitrogen and oxygen atoms in total. The predicted octanol–water partition coefficient (Wildman–Crippen LogP) is 1.52. The van der Waals surface area contributed by atoms with E-state index in [0.717, 1.165) is 32.7 Å². The van der Waals surface area contributed by atoms with Crippen molar-refractivity contribution in [3.05, 3.63) is 0 Å². The molecule has 106 valence electrons. The number of nitrogens with zero attached hydrogens (tertiary/aromatic N) is 2. The zero-order valence-corrected chi connectivity index (χ0v) is 11.9. The molecule has 2 saturated carbocycles. The lowest BCUT2D eigenvalue weighted by molar-refractivity contribution is 0.0638. The van der Waals surface area contributed by atoms with Crippen LogP contribution in [0, 0.1) is 17.2 Å². The van der Waals surface area contributed by atoms with Gasteiger partial charge in [0.15, 0.2) is 0 Å². The molecule has 0 spiro atoms. The van der Waals surface area contributed by atoms with Gasteiger partial charge in [-0.2, -0.15) is 5.26 Å². The second-order valence-corrected chi connectivity index (χ2v) is 6.55. The maximum Gasteiger partial charge on any atom is 0.122 e. The fourth-order valence-electron chi connectivity index (χ4n) is 3.20. The monoisotopic (exact) mass is 263 g/mol. The van der Waals surface area contributed by atoms with Gasteiger partial charge >= 0.3 is 0 Å². The minimum Gasteiger partial charge on any atom is -0.377 e. The molecule has 1 heterocycles. The SMILES string of the molecule is CC1CN(CC(C#N)(NC2CC2)C2CC2)CCCO1. The van der Waals surface area contributed by atoms with Gasteiger partial charge in [-0.15, -0.1) is 0 Å². The molecule has 4 heteroatoms. The van der Waals surface area contributed by atoms with Gasteiger partial charge in [0.2, 0.25) is 0 Å². The van der Waals surface area contributed by atoms with E-state index in [-0.39, 0.29) is 5.54 Å². The van der Waals surface area contributed by atoms with Crippen molar-refractivity contribution in [1.82, 2.24) is 10.2 Å².